The van der Waals surface area contributed by atoms with Crippen molar-refractivity contribution in [1.29, 1.82) is 0 Å². The van der Waals surface area contributed by atoms with E-state index in [9.17, 15) is 88.6 Å². The van der Waals surface area contributed by atoms with Gasteiger partial charge in [0.1, 0.15) is 5.69 Å². The zero-order chi connectivity index (χ0) is 53.5. The molecule has 72 heavy (non-hydrogen) atoms. The summed E-state index contributed by atoms with van der Waals surface area (Å²) in [6.45, 7) is -1.21. The first-order valence-corrected chi connectivity index (χ1v) is 20.5. The van der Waals surface area contributed by atoms with Gasteiger partial charge in [-0.3, -0.25) is 10.3 Å². The molecule has 0 radical (unpaired) electrons. The van der Waals surface area contributed by atoms with Gasteiger partial charge < -0.3 is 21.3 Å². The number of anilines is 3. The lowest BCUT2D eigenvalue weighted by Crippen LogP contribution is -2.82. The number of hydrogen-bond acceptors (Lipinski definition) is 2. The number of urea groups is 2. The summed E-state index contributed by atoms with van der Waals surface area (Å²) in [5.41, 5.74) is -12.6. The van der Waals surface area contributed by atoms with Gasteiger partial charge in [-0.05, 0) is 78.6 Å². The Morgan fingerprint density at radius 1 is 0.403 bits per heavy atom. The quantitative estimate of drug-likeness (QED) is 0.0361. The van der Waals surface area contributed by atoms with Crippen molar-refractivity contribution in [2.75, 3.05) is 29.0 Å². The average molecular weight is 1050 g/mol. The molecule has 0 saturated heterocycles. The summed E-state index contributed by atoms with van der Waals surface area (Å²) in [5, 5.41) is 13.4. The molecule has 0 fully saturated rings. The second-order valence-corrected chi connectivity index (χ2v) is 15.6. The molecule has 7 N–H and O–H groups in total. The predicted molar refractivity (Wildman–Crippen MR) is 224 cm³/mol. The monoisotopic (exact) mass is 1050 g/mol. The fourth-order valence-electron chi connectivity index (χ4n) is 6.68. The molecule has 2 atom stereocenters. The molecule has 0 aromatic heterocycles. The fourth-order valence-corrected chi connectivity index (χ4v) is 6.68. The highest BCUT2D eigenvalue weighted by Crippen LogP contribution is 2.40. The van der Waals surface area contributed by atoms with Crippen molar-refractivity contribution in [3.63, 3.8) is 0 Å². The summed E-state index contributed by atoms with van der Waals surface area (Å²) < 4.78 is 246. The van der Waals surface area contributed by atoms with Crippen LogP contribution in [0.2, 0.25) is 0 Å². The summed E-state index contributed by atoms with van der Waals surface area (Å²) in [5.74, 6) is -0.580. The van der Waals surface area contributed by atoms with Gasteiger partial charge in [0.05, 0.1) is 58.6 Å². The minimum Gasteiger partial charge on any atom is -0.332 e. The number of benzene rings is 5. The average Bonchev–Trinajstić information content (AvgIpc) is 3.25. The van der Waals surface area contributed by atoms with Crippen LogP contribution in [0, 0.1) is 0 Å². The van der Waals surface area contributed by atoms with E-state index in [0.717, 1.165) is 0 Å². The highest BCUT2D eigenvalue weighted by molar-refractivity contribution is 5.91. The van der Waals surface area contributed by atoms with Crippen molar-refractivity contribution in [2.45, 2.75) is 62.0 Å². The topological polar surface area (TPSA) is 120 Å². The van der Waals surface area contributed by atoms with E-state index < -0.39 is 131 Å². The lowest BCUT2D eigenvalue weighted by Gasteiger charge is -2.21. The van der Waals surface area contributed by atoms with Gasteiger partial charge in [0.2, 0.25) is 0 Å². The van der Waals surface area contributed by atoms with Crippen molar-refractivity contribution in [1.82, 2.24) is 16.0 Å². The Kier molecular flexibility index (Phi) is 17.0. The fraction of sp³-hybridized carbons (Fsp3) is 0.267. The Morgan fingerprint density at radius 3 is 1.01 bits per heavy atom. The number of hydrogen-bond donors (Lipinski definition) is 7. The predicted octanol–water partition coefficient (Wildman–Crippen LogP) is 11.1. The van der Waals surface area contributed by atoms with Crippen LogP contribution in [-0.2, 0) is 49.9 Å². The normalized spacial score (nSPS) is 13.7. The van der Waals surface area contributed by atoms with Gasteiger partial charge >= 0.3 is 55.1 Å². The molecule has 5 aromatic rings. The lowest BCUT2D eigenvalue weighted by atomic mass is 10.1. The highest BCUT2D eigenvalue weighted by atomic mass is 19.4. The summed E-state index contributed by atoms with van der Waals surface area (Å²) in [7, 11) is 0. The van der Waals surface area contributed by atoms with Gasteiger partial charge in [0.15, 0.2) is 0 Å². The number of rotatable bonds is 13. The van der Waals surface area contributed by atoms with Crippen LogP contribution in [0.1, 0.15) is 44.5 Å². The minimum atomic E-state index is -5.35. The molecule has 0 aliphatic rings. The van der Waals surface area contributed by atoms with Gasteiger partial charge in [-0.2, -0.15) is 79.0 Å². The third-order valence-corrected chi connectivity index (χ3v) is 9.92. The Labute approximate surface area is 395 Å². The van der Waals surface area contributed by atoms with Gasteiger partial charge in [-0.15, -0.1) is 0 Å². The van der Waals surface area contributed by atoms with Crippen molar-refractivity contribution in [3.8, 4) is 0 Å². The third kappa shape index (κ3) is 16.9. The molecule has 5 rings (SSSR count). The zero-order valence-electron chi connectivity index (χ0n) is 36.1. The molecule has 0 aliphatic carbocycles. The zero-order valence-corrected chi connectivity index (χ0v) is 36.1. The van der Waals surface area contributed by atoms with Crippen LogP contribution in [0.15, 0.2) is 115 Å². The van der Waals surface area contributed by atoms with Crippen LogP contribution in [0.4, 0.5) is 106 Å². The first-order valence-electron chi connectivity index (χ1n) is 20.5. The van der Waals surface area contributed by atoms with Crippen LogP contribution in [0.3, 0.4) is 0 Å². The number of nitrogens with one attached hydrogen (secondary N) is 7. The van der Waals surface area contributed by atoms with Gasteiger partial charge in [-0.1, -0.05) is 60.7 Å². The van der Waals surface area contributed by atoms with Crippen molar-refractivity contribution in [2.24, 2.45) is 0 Å². The number of carbonyl (C=O) groups excluding carboxylic acids is 2. The molecule has 9 nitrogen and oxygen atoms in total. The van der Waals surface area contributed by atoms with Crippen molar-refractivity contribution >= 4 is 35.1 Å². The molecule has 4 amide bonds. The van der Waals surface area contributed by atoms with Crippen LogP contribution >= 0.6 is 0 Å². The number of guanidine groups is 1. The van der Waals surface area contributed by atoms with Crippen molar-refractivity contribution in [3.05, 3.63) is 160 Å². The maximum atomic E-state index is 13.9. The Hall–Kier alpha value is -7.35. The van der Waals surface area contributed by atoms with Crippen LogP contribution in [0.5, 0.6) is 0 Å². The van der Waals surface area contributed by atoms with E-state index in [1.165, 1.54) is 48.5 Å². The Morgan fingerprint density at radius 2 is 0.694 bits per heavy atom. The SMILES string of the molecule is O=C(Nc1cc(C(F)(F)F)cc(C(F)(F)F)c1)N[C@H](CNC(Nc1cc(C(F)(F)F)cc(C(F)(F)F)c1)=[NH+]C[C@H](Cc1ccccc1)NC(=O)Nc1cc(C(F)(F)F)cc(C(F)(F)F)c1)Cc1ccccc1. The van der Waals surface area contributed by atoms with Gasteiger partial charge in [0.25, 0.3) is 0 Å². The third-order valence-electron chi connectivity index (χ3n) is 9.92. The number of carbonyl (C=O) groups is 2. The molecule has 0 saturated carbocycles. The highest BCUT2D eigenvalue weighted by Gasteiger charge is 2.40. The second kappa shape index (κ2) is 22.0. The van der Waals surface area contributed by atoms with Crippen LogP contribution in [0.25, 0.3) is 0 Å². The first kappa shape index (κ1) is 55.6. The summed E-state index contributed by atoms with van der Waals surface area (Å²) in [6, 6.07) is 10.8. The molecule has 27 heteroatoms. The molecular formula is C45H36F18N7O2+. The van der Waals surface area contributed by atoms with Crippen LogP contribution in [-0.4, -0.2) is 43.2 Å². The number of alkyl halides is 18. The van der Waals surface area contributed by atoms with E-state index >= 15 is 0 Å². The Bertz CT molecular complexity index is 2590. The molecule has 0 aliphatic heterocycles. The van der Waals surface area contributed by atoms with Gasteiger partial charge in [-0.25, -0.2) is 14.9 Å². The van der Waals surface area contributed by atoms with E-state index in [2.05, 4.69) is 26.3 Å². The van der Waals surface area contributed by atoms with E-state index in [-0.39, 0.29) is 67.4 Å². The summed E-state index contributed by atoms with van der Waals surface area (Å²) in [6.07, 6.45) is -32.3. The summed E-state index contributed by atoms with van der Waals surface area (Å²) >= 11 is 0. The van der Waals surface area contributed by atoms with E-state index in [1.54, 1.807) is 12.1 Å². The van der Waals surface area contributed by atoms with E-state index in [1.807, 2.05) is 10.6 Å². The smallest absolute Gasteiger partial charge is 0.332 e. The second-order valence-electron chi connectivity index (χ2n) is 15.6. The lowest BCUT2D eigenvalue weighted by molar-refractivity contribution is -0.463. The molecule has 0 bridgehead atoms. The maximum Gasteiger partial charge on any atom is 0.416 e. The first-order chi connectivity index (χ1) is 33.2. The van der Waals surface area contributed by atoms with Gasteiger partial charge in [0, 0.05) is 11.4 Å². The van der Waals surface area contributed by atoms with Crippen LogP contribution < -0.4 is 36.9 Å². The molecule has 388 valence electrons. The molecule has 0 unspecified atom stereocenters. The number of amides is 4. The summed E-state index contributed by atoms with van der Waals surface area (Å²) in [4.78, 5) is 29.2. The van der Waals surface area contributed by atoms with E-state index in [4.69, 9.17) is 0 Å². The number of halogens is 18. The molecule has 0 heterocycles. The molecule has 0 spiro atoms. The maximum absolute atomic E-state index is 13.9. The largest absolute Gasteiger partial charge is 0.416 e. The molecule has 5 aromatic carbocycles. The standard InChI is InChI=1S/C45H35F18N7O2/c46-40(47,48)26-13-27(41(49,50)51)17-32(16-26)66-37(64-22-35(11-24-7-3-1-4-8-24)69-38(71)67-33-18-28(42(52,53)54)14-29(19-33)43(55,56)57)65-23-36(12-25-9-5-2-6-10-25)70-39(72)68-34-20-30(44(58,59)60)15-31(21-34)45(61,62)63/h1-10,13-21,35-36H,11-12,22-23H2,(H2,64,65,66)(H2,67,69,71)(H2,68,70,72)/p+1/t35-,36-/m0/s1. The van der Waals surface area contributed by atoms with E-state index in [0.29, 0.717) is 11.1 Å². The minimum absolute atomic E-state index is 0.188. The molecular weight excluding hydrogens is 1010 g/mol. The van der Waals surface area contributed by atoms with Crippen molar-refractivity contribution < 1.29 is 93.6 Å². The Balaban J connectivity index is 1.52.